The third-order valence-corrected chi connectivity index (χ3v) is 6.38. The monoisotopic (exact) mass is 337 g/mol. The predicted octanol–water partition coefficient (Wildman–Crippen LogP) is 3.49. The van der Waals surface area contributed by atoms with Gasteiger partial charge in [0.05, 0.1) is 11.8 Å². The van der Waals surface area contributed by atoms with Gasteiger partial charge in [-0.1, -0.05) is 35.5 Å². The summed E-state index contributed by atoms with van der Waals surface area (Å²) in [4.78, 5) is 19.9. The van der Waals surface area contributed by atoms with E-state index in [1.807, 2.05) is 30.3 Å². The second-order valence-corrected chi connectivity index (χ2v) is 7.74. The van der Waals surface area contributed by atoms with Crippen LogP contribution in [-0.2, 0) is 4.79 Å². The van der Waals surface area contributed by atoms with Gasteiger partial charge in [0, 0.05) is 18.7 Å². The largest absolute Gasteiger partial charge is 0.342 e. The Balaban J connectivity index is 1.45. The fraction of sp³-hybridized carbons (Fsp3) is 0.550. The lowest BCUT2D eigenvalue weighted by molar-refractivity contribution is -0.137. The number of rotatable bonds is 3. The number of hydrogen-bond acceptors (Lipinski definition) is 4. The SMILES string of the molecule is O=C([C@H]1[C@H]2CC[C@H](C2)[C@@H]1c1nc(-c2ccccc2)no1)N1CCCC1. The molecule has 2 aliphatic carbocycles. The zero-order valence-electron chi connectivity index (χ0n) is 14.3. The minimum Gasteiger partial charge on any atom is -0.342 e. The zero-order valence-corrected chi connectivity index (χ0v) is 14.3. The van der Waals surface area contributed by atoms with Gasteiger partial charge < -0.3 is 9.42 Å². The average Bonchev–Trinajstić information content (AvgIpc) is 3.45. The van der Waals surface area contributed by atoms with Crippen molar-refractivity contribution in [2.24, 2.45) is 17.8 Å². The second kappa shape index (κ2) is 5.97. The molecule has 25 heavy (non-hydrogen) atoms. The van der Waals surface area contributed by atoms with Crippen molar-refractivity contribution < 1.29 is 9.32 Å². The Hall–Kier alpha value is -2.17. The number of hydrogen-bond donors (Lipinski definition) is 0. The third kappa shape index (κ3) is 2.48. The van der Waals surface area contributed by atoms with E-state index in [1.165, 1.54) is 12.8 Å². The molecule has 1 aliphatic heterocycles. The Morgan fingerprint density at radius 3 is 2.64 bits per heavy atom. The minimum atomic E-state index is 0.0425. The quantitative estimate of drug-likeness (QED) is 0.860. The van der Waals surface area contributed by atoms with Gasteiger partial charge in [-0.2, -0.15) is 4.98 Å². The fourth-order valence-corrected chi connectivity index (χ4v) is 5.23. The number of nitrogens with zero attached hydrogens (tertiary/aromatic N) is 3. The highest BCUT2D eigenvalue weighted by Crippen LogP contribution is 2.57. The maximum atomic E-state index is 13.1. The Kier molecular flexibility index (Phi) is 3.61. The summed E-state index contributed by atoms with van der Waals surface area (Å²) in [6, 6.07) is 9.90. The Morgan fingerprint density at radius 2 is 1.84 bits per heavy atom. The van der Waals surface area contributed by atoms with E-state index in [9.17, 15) is 4.79 Å². The van der Waals surface area contributed by atoms with Crippen molar-refractivity contribution in [1.82, 2.24) is 15.0 Å². The molecule has 2 bridgehead atoms. The summed E-state index contributed by atoms with van der Waals surface area (Å²) in [5.74, 6) is 2.79. The van der Waals surface area contributed by atoms with Crippen molar-refractivity contribution in [2.75, 3.05) is 13.1 Å². The van der Waals surface area contributed by atoms with Gasteiger partial charge in [0.1, 0.15) is 0 Å². The summed E-state index contributed by atoms with van der Waals surface area (Å²) in [6.45, 7) is 1.83. The number of carbonyl (C=O) groups excluding carboxylic acids is 1. The number of likely N-dealkylation sites (tertiary alicyclic amines) is 1. The van der Waals surface area contributed by atoms with E-state index in [1.54, 1.807) is 0 Å². The highest BCUT2D eigenvalue weighted by atomic mass is 16.5. The molecular formula is C20H23N3O2. The van der Waals surface area contributed by atoms with Crippen molar-refractivity contribution in [2.45, 2.75) is 38.0 Å². The van der Waals surface area contributed by atoms with Gasteiger partial charge in [-0.3, -0.25) is 4.79 Å². The van der Waals surface area contributed by atoms with E-state index >= 15 is 0 Å². The van der Waals surface area contributed by atoms with Crippen LogP contribution in [0.25, 0.3) is 11.4 Å². The first-order chi connectivity index (χ1) is 12.3. The molecule has 1 saturated heterocycles. The molecule has 5 rings (SSSR count). The minimum absolute atomic E-state index is 0.0425. The lowest BCUT2D eigenvalue weighted by Crippen LogP contribution is -2.39. The van der Waals surface area contributed by atoms with Gasteiger partial charge in [0.15, 0.2) is 0 Å². The van der Waals surface area contributed by atoms with Crippen molar-refractivity contribution in [3.05, 3.63) is 36.2 Å². The van der Waals surface area contributed by atoms with Crippen LogP contribution >= 0.6 is 0 Å². The topological polar surface area (TPSA) is 59.2 Å². The molecule has 1 aromatic heterocycles. The van der Waals surface area contributed by atoms with Crippen LogP contribution in [0.2, 0.25) is 0 Å². The van der Waals surface area contributed by atoms with Crippen molar-refractivity contribution in [3.63, 3.8) is 0 Å². The van der Waals surface area contributed by atoms with E-state index in [0.717, 1.165) is 37.9 Å². The summed E-state index contributed by atoms with van der Waals surface area (Å²) in [5, 5.41) is 4.19. The van der Waals surface area contributed by atoms with Crippen LogP contribution in [0.1, 0.15) is 43.9 Å². The van der Waals surface area contributed by atoms with Gasteiger partial charge in [-0.05, 0) is 43.9 Å². The Labute approximate surface area is 147 Å². The predicted molar refractivity (Wildman–Crippen MR) is 92.6 cm³/mol. The molecule has 2 saturated carbocycles. The Bertz CT molecular complexity index is 766. The smallest absolute Gasteiger partial charge is 0.231 e. The van der Waals surface area contributed by atoms with Crippen LogP contribution in [0, 0.1) is 17.8 Å². The highest BCUT2D eigenvalue weighted by molar-refractivity contribution is 5.81. The van der Waals surface area contributed by atoms with Gasteiger partial charge in [-0.15, -0.1) is 0 Å². The number of carbonyl (C=O) groups is 1. The highest BCUT2D eigenvalue weighted by Gasteiger charge is 2.54. The summed E-state index contributed by atoms with van der Waals surface area (Å²) in [7, 11) is 0. The lowest BCUT2D eigenvalue weighted by atomic mass is 9.78. The van der Waals surface area contributed by atoms with E-state index in [0.29, 0.717) is 29.5 Å². The van der Waals surface area contributed by atoms with Crippen LogP contribution < -0.4 is 0 Å². The van der Waals surface area contributed by atoms with E-state index in [4.69, 9.17) is 9.51 Å². The number of benzene rings is 1. The molecule has 0 spiro atoms. The zero-order chi connectivity index (χ0) is 16.8. The first kappa shape index (κ1) is 15.1. The summed E-state index contributed by atoms with van der Waals surface area (Å²) in [5.41, 5.74) is 0.961. The number of aromatic nitrogens is 2. The molecule has 0 radical (unpaired) electrons. The molecule has 1 aromatic carbocycles. The van der Waals surface area contributed by atoms with Crippen LogP contribution in [0.15, 0.2) is 34.9 Å². The molecule has 130 valence electrons. The molecule has 0 N–H and O–H groups in total. The molecule has 2 aromatic rings. The molecule has 3 fully saturated rings. The van der Waals surface area contributed by atoms with Crippen LogP contribution in [0.4, 0.5) is 0 Å². The standard InChI is InChI=1S/C20H23N3O2/c24-20(23-10-4-5-11-23)17-15-9-8-14(12-15)16(17)19-21-18(22-25-19)13-6-2-1-3-7-13/h1-3,6-7,14-17H,4-5,8-12H2/t14-,15+,16+,17+/m1/s1. The Morgan fingerprint density at radius 1 is 1.08 bits per heavy atom. The average molecular weight is 337 g/mol. The van der Waals surface area contributed by atoms with Crippen molar-refractivity contribution >= 4 is 5.91 Å². The van der Waals surface area contributed by atoms with E-state index in [-0.39, 0.29) is 11.8 Å². The molecule has 2 heterocycles. The van der Waals surface area contributed by atoms with Gasteiger partial charge in [-0.25, -0.2) is 0 Å². The lowest BCUT2D eigenvalue weighted by Gasteiger charge is -2.30. The first-order valence-electron chi connectivity index (χ1n) is 9.49. The molecular weight excluding hydrogens is 314 g/mol. The molecule has 5 heteroatoms. The molecule has 1 amide bonds. The maximum absolute atomic E-state index is 13.1. The van der Waals surface area contributed by atoms with Gasteiger partial charge >= 0.3 is 0 Å². The molecule has 0 unspecified atom stereocenters. The van der Waals surface area contributed by atoms with Crippen LogP contribution in [0.3, 0.4) is 0 Å². The normalized spacial score (nSPS) is 31.0. The van der Waals surface area contributed by atoms with E-state index < -0.39 is 0 Å². The fourth-order valence-electron chi connectivity index (χ4n) is 5.23. The number of fused-ring (bicyclic) bond motifs is 2. The molecule has 4 atom stereocenters. The molecule has 3 aliphatic rings. The number of amides is 1. The summed E-state index contributed by atoms with van der Waals surface area (Å²) >= 11 is 0. The first-order valence-corrected chi connectivity index (χ1v) is 9.49. The van der Waals surface area contributed by atoms with Gasteiger partial charge in [0.2, 0.25) is 17.6 Å². The summed E-state index contributed by atoms with van der Waals surface area (Å²) < 4.78 is 5.67. The van der Waals surface area contributed by atoms with Crippen LogP contribution in [0.5, 0.6) is 0 Å². The third-order valence-electron chi connectivity index (χ3n) is 6.38. The van der Waals surface area contributed by atoms with Gasteiger partial charge in [0.25, 0.3) is 0 Å². The van der Waals surface area contributed by atoms with Crippen molar-refractivity contribution in [3.8, 4) is 11.4 Å². The summed E-state index contributed by atoms with van der Waals surface area (Å²) in [6.07, 6.45) is 5.76. The maximum Gasteiger partial charge on any atom is 0.231 e. The van der Waals surface area contributed by atoms with Crippen molar-refractivity contribution in [1.29, 1.82) is 0 Å². The van der Waals surface area contributed by atoms with E-state index in [2.05, 4.69) is 10.1 Å². The second-order valence-electron chi connectivity index (χ2n) is 7.74. The van der Waals surface area contributed by atoms with Crippen LogP contribution in [-0.4, -0.2) is 34.0 Å². The molecule has 5 nitrogen and oxygen atoms in total.